The van der Waals surface area contributed by atoms with Crippen LogP contribution in [0.1, 0.15) is 0 Å². The molecule has 0 radical (unpaired) electrons. The maximum Gasteiger partial charge on any atom is 2.00 e. The molecule has 0 amide bonds. The van der Waals surface area contributed by atoms with E-state index in [1.807, 2.05) is 0 Å². The Bertz CT molecular complexity index is 159. The molecular formula is C3H8CaO4P2. The van der Waals surface area contributed by atoms with Crippen LogP contribution in [0.4, 0.5) is 0 Å². The number of rotatable bonds is 2. The van der Waals surface area contributed by atoms with Crippen molar-refractivity contribution in [3.63, 3.8) is 0 Å². The minimum absolute atomic E-state index is 0. The van der Waals surface area contributed by atoms with Crippen LogP contribution in [0.15, 0.2) is 0 Å². The minimum Gasteiger partial charge on any atom is -0.799 e. The molecule has 0 heterocycles. The van der Waals surface area contributed by atoms with Gasteiger partial charge in [-0.1, -0.05) is 0 Å². The molecule has 0 saturated carbocycles. The summed E-state index contributed by atoms with van der Waals surface area (Å²) in [6.07, 6.45) is 0. The predicted octanol–water partition coefficient (Wildman–Crippen LogP) is -0.901. The average Bonchev–Trinajstić information content (AvgIpc) is 1.14. The third kappa shape index (κ3) is 12.3. The van der Waals surface area contributed by atoms with Crippen LogP contribution in [0, 0.1) is 0 Å². The van der Waals surface area contributed by atoms with Crippen molar-refractivity contribution in [3.8, 4) is 0 Å². The van der Waals surface area contributed by atoms with Gasteiger partial charge in [-0.05, 0) is 13.3 Å². The second kappa shape index (κ2) is 4.61. The summed E-state index contributed by atoms with van der Waals surface area (Å²) in [7, 11) is -7.23. The average molecular weight is 210 g/mol. The summed E-state index contributed by atoms with van der Waals surface area (Å²) in [5, 5.41) is 0. The van der Waals surface area contributed by atoms with Crippen LogP contribution in [-0.2, 0) is 9.13 Å². The number of hydrogen-bond donors (Lipinski definition) is 0. The van der Waals surface area contributed by atoms with Gasteiger partial charge in [0, 0.05) is 20.6 Å². The zero-order valence-electron chi connectivity index (χ0n) is 5.94. The molecule has 4 nitrogen and oxygen atoms in total. The van der Waals surface area contributed by atoms with E-state index in [2.05, 4.69) is 0 Å². The molecule has 10 heavy (non-hydrogen) atoms. The summed E-state index contributed by atoms with van der Waals surface area (Å²) in [6.45, 7) is 1.84. The quantitative estimate of drug-likeness (QED) is 0.437. The second-order valence-electron chi connectivity index (χ2n) is 2.17. The molecule has 7 heteroatoms. The van der Waals surface area contributed by atoms with Crippen molar-refractivity contribution < 1.29 is 18.9 Å². The van der Waals surface area contributed by atoms with Gasteiger partial charge in [-0.25, -0.2) is 0 Å². The van der Waals surface area contributed by atoms with Gasteiger partial charge in [-0.3, -0.25) is 0 Å². The molecule has 0 aromatic rings. The molecule has 0 aromatic heterocycles. The van der Waals surface area contributed by atoms with Gasteiger partial charge < -0.3 is 18.9 Å². The fraction of sp³-hybridized carbons (Fsp3) is 1.00. The molecule has 0 rings (SSSR count). The maximum atomic E-state index is 10.3. The van der Waals surface area contributed by atoms with E-state index in [9.17, 15) is 18.9 Å². The summed E-state index contributed by atoms with van der Waals surface area (Å²) in [4.78, 5) is 20.6. The van der Waals surface area contributed by atoms with Gasteiger partial charge in [0.15, 0.2) is 0 Å². The Morgan fingerprint density at radius 2 is 1.30 bits per heavy atom. The van der Waals surface area contributed by atoms with Gasteiger partial charge in [-0.15, -0.1) is 0 Å². The van der Waals surface area contributed by atoms with Crippen LogP contribution in [0.2, 0.25) is 0 Å². The molecule has 0 bridgehead atoms. The van der Waals surface area contributed by atoms with Crippen molar-refractivity contribution >= 4 is 52.5 Å². The van der Waals surface area contributed by atoms with Gasteiger partial charge in [0.1, 0.15) is 0 Å². The van der Waals surface area contributed by atoms with Gasteiger partial charge >= 0.3 is 37.7 Å². The Balaban J connectivity index is 0. The van der Waals surface area contributed by atoms with Crippen LogP contribution in [-0.4, -0.2) is 57.0 Å². The van der Waals surface area contributed by atoms with E-state index in [0.29, 0.717) is 0 Å². The largest absolute Gasteiger partial charge is 2.00 e. The van der Waals surface area contributed by atoms with E-state index in [1.165, 1.54) is 0 Å². The van der Waals surface area contributed by atoms with Crippen LogP contribution in [0.3, 0.4) is 0 Å². The number of hydrogen-bond acceptors (Lipinski definition) is 4. The van der Waals surface area contributed by atoms with E-state index in [1.54, 1.807) is 0 Å². The van der Waals surface area contributed by atoms with E-state index in [-0.39, 0.29) is 37.7 Å². The zero-order chi connectivity index (χ0) is 7.71. The van der Waals surface area contributed by atoms with Crippen molar-refractivity contribution in [3.05, 3.63) is 0 Å². The fourth-order valence-electron chi connectivity index (χ4n) is 0.467. The molecule has 0 spiro atoms. The normalized spacial score (nSPS) is 22.0. The van der Waals surface area contributed by atoms with Crippen molar-refractivity contribution in [1.29, 1.82) is 0 Å². The van der Waals surface area contributed by atoms with Gasteiger partial charge in [-0.2, -0.15) is 0 Å². The van der Waals surface area contributed by atoms with Crippen molar-refractivity contribution in [2.75, 3.05) is 19.2 Å². The van der Waals surface area contributed by atoms with Gasteiger partial charge in [0.05, 0.1) is 0 Å². The summed E-state index contributed by atoms with van der Waals surface area (Å²) >= 11 is 0. The van der Waals surface area contributed by atoms with E-state index < -0.39 is 20.6 Å². The van der Waals surface area contributed by atoms with Gasteiger partial charge in [0.25, 0.3) is 0 Å². The molecule has 0 N–H and O–H groups in total. The molecular weight excluding hydrogens is 202 g/mol. The van der Waals surface area contributed by atoms with Gasteiger partial charge in [0.2, 0.25) is 0 Å². The van der Waals surface area contributed by atoms with Crippen LogP contribution in [0.25, 0.3) is 0 Å². The molecule has 0 aliphatic heterocycles. The SMILES string of the molecule is CP(=O)([O-])CP(C)(=O)[O-].[Ca+2]. The van der Waals surface area contributed by atoms with Crippen LogP contribution < -0.4 is 9.79 Å². The standard InChI is InChI=1S/C3H10O4P2.Ca/c1-8(4,5)3-9(2,6)7;/h3H2,1-2H3,(H,4,5)(H,6,7);/q;+2/p-2. The van der Waals surface area contributed by atoms with Crippen LogP contribution >= 0.6 is 14.7 Å². The van der Waals surface area contributed by atoms with E-state index in [0.717, 1.165) is 13.3 Å². The first-order valence-corrected chi connectivity index (χ1v) is 6.77. The third-order valence-electron chi connectivity index (χ3n) is 0.514. The molecule has 0 saturated heterocycles. The summed E-state index contributed by atoms with van der Waals surface area (Å²) in [5.74, 6) is -0.708. The Kier molecular flexibility index (Phi) is 6.54. The van der Waals surface area contributed by atoms with E-state index >= 15 is 0 Å². The summed E-state index contributed by atoms with van der Waals surface area (Å²) in [6, 6.07) is 0. The van der Waals surface area contributed by atoms with E-state index in [4.69, 9.17) is 0 Å². The monoisotopic (exact) mass is 210 g/mol. The topological polar surface area (TPSA) is 80.3 Å². The molecule has 0 fully saturated rings. The fourth-order valence-corrected chi connectivity index (χ4v) is 4.20. The first kappa shape index (κ1) is 14.2. The molecule has 2 unspecified atom stereocenters. The van der Waals surface area contributed by atoms with Crippen molar-refractivity contribution in [2.45, 2.75) is 0 Å². The molecule has 2 atom stereocenters. The molecule has 56 valence electrons. The Morgan fingerprint density at radius 1 is 1.10 bits per heavy atom. The third-order valence-corrected chi connectivity index (χ3v) is 4.62. The first-order valence-electron chi connectivity index (χ1n) is 2.26. The molecule has 0 aromatic carbocycles. The first-order chi connectivity index (χ1) is 3.71. The second-order valence-corrected chi connectivity index (χ2v) is 7.36. The summed E-state index contributed by atoms with van der Waals surface area (Å²) < 4.78 is 20.6. The van der Waals surface area contributed by atoms with Crippen LogP contribution in [0.5, 0.6) is 0 Å². The smallest absolute Gasteiger partial charge is 0.799 e. The molecule has 0 aliphatic carbocycles. The Morgan fingerprint density at radius 3 is 1.30 bits per heavy atom. The Labute approximate surface area is 89.9 Å². The van der Waals surface area contributed by atoms with Crippen molar-refractivity contribution in [1.82, 2.24) is 0 Å². The molecule has 0 aliphatic rings. The zero-order valence-corrected chi connectivity index (χ0v) is 9.94. The van der Waals surface area contributed by atoms with Crippen molar-refractivity contribution in [2.24, 2.45) is 0 Å². The Hall–Kier alpha value is 1.64. The maximum absolute atomic E-state index is 10.3. The summed E-state index contributed by atoms with van der Waals surface area (Å²) in [5.41, 5.74) is 0. The predicted molar refractivity (Wildman–Crippen MR) is 37.7 cm³/mol. The minimum atomic E-state index is -3.61.